The summed E-state index contributed by atoms with van der Waals surface area (Å²) in [6, 6.07) is 17.9. The van der Waals surface area contributed by atoms with Crippen molar-refractivity contribution in [3.05, 3.63) is 77.7 Å². The largest absolute Gasteiger partial charge is 0.512 e. The third kappa shape index (κ3) is 5.62. The second kappa shape index (κ2) is 10.0. The summed E-state index contributed by atoms with van der Waals surface area (Å²) >= 11 is 0. The number of nitrogens with zero attached hydrogens (tertiary/aromatic N) is 1. The minimum atomic E-state index is -0.125. The van der Waals surface area contributed by atoms with Crippen molar-refractivity contribution in [2.75, 3.05) is 0 Å². The molecule has 0 aliphatic carbocycles. The quantitative estimate of drug-likeness (QED) is 0.279. The summed E-state index contributed by atoms with van der Waals surface area (Å²) in [5.41, 5.74) is 4.66. The number of ketones is 1. The maximum Gasteiger partial charge on any atom is 0.155 e. The number of aryl methyl sites for hydroxylation is 1. The Labute approximate surface area is 168 Å². The fourth-order valence-electron chi connectivity index (χ4n) is 2.60. The molecule has 3 aromatic rings. The van der Waals surface area contributed by atoms with Crippen LogP contribution in [-0.2, 0) is 24.9 Å². The number of aliphatic hydroxyl groups excluding tert-OH is 1. The topological polar surface area (TPSA) is 50.2 Å². The van der Waals surface area contributed by atoms with E-state index in [9.17, 15) is 4.79 Å². The molecule has 1 aromatic heterocycles. The number of aliphatic hydroxyl groups is 1. The van der Waals surface area contributed by atoms with Crippen LogP contribution in [0, 0.1) is 19.9 Å². The second-order valence-corrected chi connectivity index (χ2v) is 5.91. The molecule has 0 spiro atoms. The van der Waals surface area contributed by atoms with Gasteiger partial charge in [0.2, 0.25) is 0 Å². The summed E-state index contributed by atoms with van der Waals surface area (Å²) in [5.74, 6) is -0.0625. The van der Waals surface area contributed by atoms with E-state index < -0.39 is 0 Å². The Kier molecular flexibility index (Phi) is 8.37. The number of benzene rings is 2. The van der Waals surface area contributed by atoms with Crippen molar-refractivity contribution in [1.29, 1.82) is 0 Å². The average Bonchev–Trinajstić information content (AvgIpc) is 2.58. The van der Waals surface area contributed by atoms with E-state index in [0.29, 0.717) is 0 Å². The minimum Gasteiger partial charge on any atom is -0.512 e. The second-order valence-electron chi connectivity index (χ2n) is 5.91. The van der Waals surface area contributed by atoms with Crippen molar-refractivity contribution in [1.82, 2.24) is 4.98 Å². The van der Waals surface area contributed by atoms with Gasteiger partial charge >= 0.3 is 0 Å². The monoisotopic (exact) mass is 525 g/mol. The maximum atomic E-state index is 10.0. The van der Waals surface area contributed by atoms with Crippen LogP contribution in [0.3, 0.4) is 0 Å². The Morgan fingerprint density at radius 3 is 2.23 bits per heavy atom. The van der Waals surface area contributed by atoms with Gasteiger partial charge in [-0.05, 0) is 19.9 Å². The minimum absolute atomic E-state index is 0. The van der Waals surface area contributed by atoms with E-state index >= 15 is 0 Å². The standard InChI is InChI=1S/C17H14N.C5H8O2.Ir/c1-12-13(2)16(17-9-5-6-10-18-17)11-14-7-3-4-8-15(12)14;1-4(6)3-5(2)7;/h3-10H,1-2H3;3,6H,1-2H3;/q-1;;/b;4-3-;. The Morgan fingerprint density at radius 2 is 1.69 bits per heavy atom. The van der Waals surface area contributed by atoms with Gasteiger partial charge < -0.3 is 5.11 Å². The first kappa shape index (κ1) is 21.8. The van der Waals surface area contributed by atoms with Gasteiger partial charge in [-0.2, -0.15) is 0 Å². The van der Waals surface area contributed by atoms with E-state index in [0.717, 1.165) is 16.6 Å². The van der Waals surface area contributed by atoms with Crippen LogP contribution in [0.4, 0.5) is 0 Å². The number of allylic oxidation sites excluding steroid dienone is 2. The average molecular weight is 525 g/mol. The van der Waals surface area contributed by atoms with Crippen molar-refractivity contribution < 1.29 is 30.0 Å². The van der Waals surface area contributed by atoms with Gasteiger partial charge in [0.25, 0.3) is 0 Å². The summed E-state index contributed by atoms with van der Waals surface area (Å²) in [4.78, 5) is 14.4. The van der Waals surface area contributed by atoms with Crippen LogP contribution in [0.25, 0.3) is 22.0 Å². The van der Waals surface area contributed by atoms with E-state index in [1.807, 2.05) is 24.4 Å². The fourth-order valence-corrected chi connectivity index (χ4v) is 2.60. The number of pyridine rings is 1. The molecule has 0 saturated heterocycles. The van der Waals surface area contributed by atoms with Crippen molar-refractivity contribution in [3.8, 4) is 11.3 Å². The van der Waals surface area contributed by atoms with Gasteiger partial charge in [0.05, 0.1) is 5.76 Å². The maximum absolute atomic E-state index is 10.0. The molecule has 0 aliphatic rings. The molecule has 3 nitrogen and oxygen atoms in total. The van der Waals surface area contributed by atoms with Gasteiger partial charge in [0.1, 0.15) is 0 Å². The number of carbonyl (C=O) groups excluding carboxylic acids is 1. The number of carbonyl (C=O) groups is 1. The molecule has 0 saturated carbocycles. The van der Waals surface area contributed by atoms with Gasteiger partial charge in [-0.25, -0.2) is 0 Å². The molecule has 0 fully saturated rings. The van der Waals surface area contributed by atoms with Crippen molar-refractivity contribution in [2.24, 2.45) is 0 Å². The summed E-state index contributed by atoms with van der Waals surface area (Å²) in [6.45, 7) is 7.15. The Hall–Kier alpha value is -2.29. The first-order valence-electron chi connectivity index (χ1n) is 8.10. The molecule has 3 rings (SSSR count). The fraction of sp³-hybridized carbons (Fsp3) is 0.182. The molecule has 0 unspecified atom stereocenters. The number of rotatable bonds is 2. The third-order valence-electron chi connectivity index (χ3n) is 3.86. The van der Waals surface area contributed by atoms with Crippen LogP contribution in [0.1, 0.15) is 25.0 Å². The Morgan fingerprint density at radius 1 is 1.04 bits per heavy atom. The number of hydrogen-bond acceptors (Lipinski definition) is 3. The van der Waals surface area contributed by atoms with Gasteiger partial charge in [0, 0.05) is 38.1 Å². The molecular weight excluding hydrogens is 502 g/mol. The van der Waals surface area contributed by atoms with Crippen LogP contribution in [0.15, 0.2) is 60.5 Å². The van der Waals surface area contributed by atoms with E-state index in [1.165, 1.54) is 36.4 Å². The van der Waals surface area contributed by atoms with Gasteiger partial charge in [-0.1, -0.05) is 55.1 Å². The van der Waals surface area contributed by atoms with Crippen LogP contribution in [0.2, 0.25) is 0 Å². The van der Waals surface area contributed by atoms with E-state index in [-0.39, 0.29) is 31.6 Å². The number of aromatic nitrogens is 1. The van der Waals surface area contributed by atoms with Gasteiger partial charge in [-0.15, -0.1) is 28.6 Å². The summed E-state index contributed by atoms with van der Waals surface area (Å²) < 4.78 is 0. The van der Waals surface area contributed by atoms with Gasteiger partial charge in [0.15, 0.2) is 5.78 Å². The van der Waals surface area contributed by atoms with Crippen molar-refractivity contribution in [2.45, 2.75) is 27.7 Å². The molecule has 0 amide bonds. The first-order chi connectivity index (χ1) is 11.9. The van der Waals surface area contributed by atoms with E-state index in [2.05, 4.69) is 49.2 Å². The predicted molar refractivity (Wildman–Crippen MR) is 103 cm³/mol. The zero-order chi connectivity index (χ0) is 18.4. The zero-order valence-electron chi connectivity index (χ0n) is 15.3. The molecule has 1 radical (unpaired) electrons. The summed E-state index contributed by atoms with van der Waals surface area (Å²) in [7, 11) is 0. The molecule has 1 heterocycles. The molecule has 137 valence electrons. The van der Waals surface area contributed by atoms with Crippen molar-refractivity contribution in [3.63, 3.8) is 0 Å². The van der Waals surface area contributed by atoms with Gasteiger partial charge in [-0.3, -0.25) is 9.78 Å². The smallest absolute Gasteiger partial charge is 0.155 e. The Bertz CT molecular complexity index is 914. The number of hydrogen-bond donors (Lipinski definition) is 1. The normalized spacial score (nSPS) is 10.5. The summed E-state index contributed by atoms with van der Waals surface area (Å²) in [5, 5.41) is 10.8. The van der Waals surface area contributed by atoms with E-state index in [1.54, 1.807) is 0 Å². The molecule has 26 heavy (non-hydrogen) atoms. The molecule has 0 bridgehead atoms. The third-order valence-corrected chi connectivity index (χ3v) is 3.86. The Balaban J connectivity index is 0.000000366. The van der Waals surface area contributed by atoms with Crippen LogP contribution in [-0.4, -0.2) is 15.9 Å². The molecule has 4 heteroatoms. The molecule has 2 aromatic carbocycles. The SMILES string of the molecule is CC(=O)/C=C(/C)O.Cc1c(-c2ccccn2)[c-]c2ccccc2c1C.[Ir]. The van der Waals surface area contributed by atoms with Crippen LogP contribution in [0.5, 0.6) is 0 Å². The summed E-state index contributed by atoms with van der Waals surface area (Å²) in [6.07, 6.45) is 2.99. The number of fused-ring (bicyclic) bond motifs is 1. The zero-order valence-corrected chi connectivity index (χ0v) is 17.7. The molecular formula is C22H22IrNO2-. The van der Waals surface area contributed by atoms with Crippen LogP contribution < -0.4 is 0 Å². The van der Waals surface area contributed by atoms with Crippen molar-refractivity contribution >= 4 is 16.6 Å². The predicted octanol–water partition coefficient (Wildman–Crippen LogP) is 5.35. The molecule has 1 N–H and O–H groups in total. The molecule has 0 atom stereocenters. The van der Waals surface area contributed by atoms with E-state index in [4.69, 9.17) is 5.11 Å². The first-order valence-corrected chi connectivity index (χ1v) is 8.10. The molecule has 0 aliphatic heterocycles. The van der Waals surface area contributed by atoms with Crippen LogP contribution >= 0.6 is 0 Å².